The molecule has 0 saturated heterocycles. The number of hydrogen-bond donors (Lipinski definition) is 5. The minimum Gasteiger partial charge on any atom is -0.396 e. The molecule has 5 nitrogen and oxygen atoms in total. The summed E-state index contributed by atoms with van der Waals surface area (Å²) in [4.78, 5) is 0. The van der Waals surface area contributed by atoms with E-state index in [1.807, 2.05) is 37.3 Å². The van der Waals surface area contributed by atoms with Crippen molar-refractivity contribution in [1.82, 2.24) is 0 Å². The lowest BCUT2D eigenvalue weighted by atomic mass is 9.93. The third-order valence-corrected chi connectivity index (χ3v) is 2.91. The first-order valence-corrected chi connectivity index (χ1v) is 6.25. The van der Waals surface area contributed by atoms with E-state index >= 15 is 0 Å². The van der Waals surface area contributed by atoms with Crippen molar-refractivity contribution in [1.29, 1.82) is 0 Å². The van der Waals surface area contributed by atoms with Crippen LogP contribution in [0.5, 0.6) is 0 Å². The lowest BCUT2D eigenvalue weighted by Crippen LogP contribution is -2.37. The van der Waals surface area contributed by atoms with E-state index in [1.54, 1.807) is 0 Å². The normalized spacial score (nSPS) is 12.5. The zero-order valence-corrected chi connectivity index (χ0v) is 11.2. The van der Waals surface area contributed by atoms with Crippen LogP contribution in [0.25, 0.3) is 0 Å². The lowest BCUT2D eigenvalue weighted by Gasteiger charge is -2.23. The summed E-state index contributed by atoms with van der Waals surface area (Å²) in [5, 5.41) is 43.3. The van der Waals surface area contributed by atoms with Gasteiger partial charge in [-0.3, -0.25) is 0 Å². The van der Waals surface area contributed by atoms with E-state index in [2.05, 4.69) is 0 Å². The van der Waals surface area contributed by atoms with Crippen LogP contribution >= 0.6 is 0 Å². The molecular formula is C14H24O5. The molecule has 5 heteroatoms. The largest absolute Gasteiger partial charge is 0.396 e. The number of aliphatic hydroxyl groups is 5. The van der Waals surface area contributed by atoms with E-state index in [0.29, 0.717) is 0 Å². The van der Waals surface area contributed by atoms with Crippen molar-refractivity contribution >= 4 is 0 Å². The standard InChI is InChI=1S/C9H12O.C5H12O4/c1-2-9(10)8-6-4-3-5-7-8;6-1-5(2-7,3-8)4-9/h3-7,9-10H,2H2,1H3;6-9H,1-4H2. The Labute approximate surface area is 113 Å². The smallest absolute Gasteiger partial charge is 0.0787 e. The zero-order chi connectivity index (χ0) is 14.7. The number of rotatable bonds is 6. The summed E-state index contributed by atoms with van der Waals surface area (Å²) in [6, 6.07) is 9.70. The summed E-state index contributed by atoms with van der Waals surface area (Å²) < 4.78 is 0. The van der Waals surface area contributed by atoms with Gasteiger partial charge in [-0.15, -0.1) is 0 Å². The Morgan fingerprint density at radius 1 is 0.895 bits per heavy atom. The summed E-state index contributed by atoms with van der Waals surface area (Å²) in [6.45, 7) is 0.345. The zero-order valence-electron chi connectivity index (χ0n) is 11.2. The fourth-order valence-corrected chi connectivity index (χ4v) is 1.21. The maximum absolute atomic E-state index is 9.33. The van der Waals surface area contributed by atoms with Crippen LogP contribution in [0.3, 0.4) is 0 Å². The molecule has 0 bridgehead atoms. The quantitative estimate of drug-likeness (QED) is 0.504. The van der Waals surface area contributed by atoms with Crippen molar-refractivity contribution in [2.24, 2.45) is 5.41 Å². The van der Waals surface area contributed by atoms with Gasteiger partial charge in [-0.25, -0.2) is 0 Å². The Balaban J connectivity index is 0.000000344. The van der Waals surface area contributed by atoms with E-state index in [4.69, 9.17) is 20.4 Å². The monoisotopic (exact) mass is 272 g/mol. The Kier molecular flexibility index (Phi) is 9.38. The van der Waals surface area contributed by atoms with Crippen LogP contribution in [0.4, 0.5) is 0 Å². The second-order valence-corrected chi connectivity index (χ2v) is 4.47. The van der Waals surface area contributed by atoms with Crippen LogP contribution in [-0.2, 0) is 0 Å². The molecule has 0 aliphatic rings. The Morgan fingerprint density at radius 3 is 1.58 bits per heavy atom. The highest BCUT2D eigenvalue weighted by molar-refractivity contribution is 5.16. The molecule has 1 aromatic carbocycles. The average Bonchev–Trinajstić information content (AvgIpc) is 2.51. The summed E-state index contributed by atoms with van der Waals surface area (Å²) in [7, 11) is 0. The summed E-state index contributed by atoms with van der Waals surface area (Å²) in [6.07, 6.45) is 0.491. The fourth-order valence-electron chi connectivity index (χ4n) is 1.21. The minimum atomic E-state index is -1.11. The predicted octanol–water partition coefficient (Wildman–Crippen LogP) is 0.0720. The molecule has 0 aromatic heterocycles. The highest BCUT2D eigenvalue weighted by Crippen LogP contribution is 2.14. The molecule has 1 unspecified atom stereocenters. The van der Waals surface area contributed by atoms with Gasteiger partial charge in [-0.05, 0) is 12.0 Å². The number of hydrogen-bond acceptors (Lipinski definition) is 5. The van der Waals surface area contributed by atoms with Crippen LogP contribution in [0.1, 0.15) is 25.0 Å². The van der Waals surface area contributed by atoms with E-state index in [0.717, 1.165) is 12.0 Å². The molecule has 1 atom stereocenters. The predicted molar refractivity (Wildman–Crippen MR) is 72.5 cm³/mol. The first kappa shape index (κ1) is 18.0. The third kappa shape index (κ3) is 6.13. The Hall–Kier alpha value is -0.980. The molecule has 5 N–H and O–H groups in total. The van der Waals surface area contributed by atoms with Gasteiger partial charge in [0.15, 0.2) is 0 Å². The van der Waals surface area contributed by atoms with E-state index < -0.39 is 31.8 Å². The molecule has 0 aliphatic heterocycles. The molecule has 0 aliphatic carbocycles. The Bertz CT molecular complexity index is 293. The lowest BCUT2D eigenvalue weighted by molar-refractivity contribution is -0.0328. The first-order valence-electron chi connectivity index (χ1n) is 6.25. The van der Waals surface area contributed by atoms with Gasteiger partial charge < -0.3 is 25.5 Å². The second kappa shape index (κ2) is 9.89. The van der Waals surface area contributed by atoms with Gasteiger partial charge in [-0.2, -0.15) is 0 Å². The molecule has 0 radical (unpaired) electrons. The van der Waals surface area contributed by atoms with E-state index in [1.165, 1.54) is 0 Å². The average molecular weight is 272 g/mol. The molecule has 0 amide bonds. The van der Waals surface area contributed by atoms with Gasteiger partial charge in [-0.1, -0.05) is 37.3 Å². The highest BCUT2D eigenvalue weighted by Gasteiger charge is 2.26. The Morgan fingerprint density at radius 2 is 1.32 bits per heavy atom. The van der Waals surface area contributed by atoms with Gasteiger partial charge in [0.25, 0.3) is 0 Å². The molecule has 0 saturated carbocycles. The highest BCUT2D eigenvalue weighted by atomic mass is 16.3. The number of benzene rings is 1. The van der Waals surface area contributed by atoms with Crippen molar-refractivity contribution in [2.45, 2.75) is 19.4 Å². The molecular weight excluding hydrogens is 248 g/mol. The van der Waals surface area contributed by atoms with Crippen molar-refractivity contribution in [3.05, 3.63) is 35.9 Å². The SMILES string of the molecule is CCC(O)c1ccccc1.OCC(CO)(CO)CO. The fraction of sp³-hybridized carbons (Fsp3) is 0.571. The molecule has 110 valence electrons. The minimum absolute atomic E-state index is 0.291. The van der Waals surface area contributed by atoms with Gasteiger partial charge in [0.2, 0.25) is 0 Å². The van der Waals surface area contributed by atoms with Gasteiger partial charge in [0, 0.05) is 0 Å². The maximum atomic E-state index is 9.33. The van der Waals surface area contributed by atoms with E-state index in [-0.39, 0.29) is 6.10 Å². The molecule has 0 heterocycles. The topological polar surface area (TPSA) is 101 Å². The summed E-state index contributed by atoms with van der Waals surface area (Å²) >= 11 is 0. The van der Waals surface area contributed by atoms with Crippen molar-refractivity contribution in [3.63, 3.8) is 0 Å². The van der Waals surface area contributed by atoms with Crippen molar-refractivity contribution in [2.75, 3.05) is 26.4 Å². The van der Waals surface area contributed by atoms with Gasteiger partial charge in [0.05, 0.1) is 37.9 Å². The molecule has 1 aromatic rings. The van der Waals surface area contributed by atoms with Crippen LogP contribution < -0.4 is 0 Å². The van der Waals surface area contributed by atoms with Gasteiger partial charge in [0.1, 0.15) is 0 Å². The summed E-state index contributed by atoms with van der Waals surface area (Å²) in [5.41, 5.74) is -0.106. The first-order chi connectivity index (χ1) is 9.09. The van der Waals surface area contributed by atoms with Crippen LogP contribution in [0, 0.1) is 5.41 Å². The molecule has 0 spiro atoms. The second-order valence-electron chi connectivity index (χ2n) is 4.47. The van der Waals surface area contributed by atoms with E-state index in [9.17, 15) is 5.11 Å². The van der Waals surface area contributed by atoms with Crippen LogP contribution in [0.15, 0.2) is 30.3 Å². The van der Waals surface area contributed by atoms with Crippen LogP contribution in [-0.4, -0.2) is 52.0 Å². The molecule has 19 heavy (non-hydrogen) atoms. The van der Waals surface area contributed by atoms with Crippen LogP contribution in [0.2, 0.25) is 0 Å². The molecule has 1 rings (SSSR count). The number of aliphatic hydroxyl groups excluding tert-OH is 5. The molecule has 0 fully saturated rings. The maximum Gasteiger partial charge on any atom is 0.0787 e. The van der Waals surface area contributed by atoms with Gasteiger partial charge >= 0.3 is 0 Å². The van der Waals surface area contributed by atoms with Crippen molar-refractivity contribution in [3.8, 4) is 0 Å². The summed E-state index contributed by atoms with van der Waals surface area (Å²) in [5.74, 6) is 0. The van der Waals surface area contributed by atoms with Crippen molar-refractivity contribution < 1.29 is 25.5 Å². The third-order valence-electron chi connectivity index (χ3n) is 2.91.